The summed E-state index contributed by atoms with van der Waals surface area (Å²) in [4.78, 5) is 31.9. The van der Waals surface area contributed by atoms with Crippen molar-refractivity contribution in [2.45, 2.75) is 24.3 Å². The van der Waals surface area contributed by atoms with Crippen molar-refractivity contribution in [3.8, 4) is 0 Å². The van der Waals surface area contributed by atoms with Crippen molar-refractivity contribution in [1.29, 1.82) is 0 Å². The Balaban J connectivity index is 1.78. The molecule has 130 valence electrons. The van der Waals surface area contributed by atoms with Crippen LogP contribution < -0.4 is 5.56 Å². The van der Waals surface area contributed by atoms with Gasteiger partial charge in [0.1, 0.15) is 0 Å². The summed E-state index contributed by atoms with van der Waals surface area (Å²) in [6.07, 6.45) is 0. The van der Waals surface area contributed by atoms with Crippen molar-refractivity contribution in [2.24, 2.45) is 0 Å². The first-order valence-corrected chi connectivity index (χ1v) is 9.19. The second-order valence-electron chi connectivity index (χ2n) is 6.16. The lowest BCUT2D eigenvalue weighted by atomic mass is 10.2. The van der Waals surface area contributed by atoms with E-state index in [0.29, 0.717) is 10.9 Å². The largest absolute Gasteiger partial charge is 0.301 e. The fourth-order valence-corrected chi connectivity index (χ4v) is 4.06. The highest BCUT2D eigenvalue weighted by Gasteiger charge is 2.22. The Hall–Kier alpha value is -2.86. The van der Waals surface area contributed by atoms with Gasteiger partial charge < -0.3 is 4.98 Å². The zero-order chi connectivity index (χ0) is 18.3. The molecule has 0 aliphatic carbocycles. The van der Waals surface area contributed by atoms with Gasteiger partial charge in [0.25, 0.3) is 5.56 Å². The molecule has 2 aromatic heterocycles. The van der Waals surface area contributed by atoms with Gasteiger partial charge in [0.05, 0.1) is 16.3 Å². The average Bonchev–Trinajstić information content (AvgIpc) is 2.94. The van der Waals surface area contributed by atoms with Crippen LogP contribution in [0.25, 0.3) is 21.8 Å². The highest BCUT2D eigenvalue weighted by atomic mass is 32.2. The summed E-state index contributed by atoms with van der Waals surface area (Å²) in [5.74, 6) is -0.0449. The number of nitrogens with one attached hydrogen (secondary N) is 1. The van der Waals surface area contributed by atoms with Gasteiger partial charge in [0.15, 0.2) is 5.16 Å². The third-order valence-electron chi connectivity index (χ3n) is 4.28. The van der Waals surface area contributed by atoms with Gasteiger partial charge >= 0.3 is 0 Å². The number of rotatable bonds is 3. The molecule has 4 rings (SSSR count). The number of aromatic nitrogens is 3. The Kier molecular flexibility index (Phi) is 4.12. The van der Waals surface area contributed by atoms with Crippen LogP contribution in [0.5, 0.6) is 0 Å². The first-order valence-electron chi connectivity index (χ1n) is 8.31. The normalized spacial score (nSPS) is 12.5. The van der Waals surface area contributed by atoms with E-state index in [0.717, 1.165) is 21.8 Å². The number of aromatic amines is 1. The molecule has 4 aromatic rings. The third kappa shape index (κ3) is 2.82. The highest BCUT2D eigenvalue weighted by Crippen LogP contribution is 2.30. The van der Waals surface area contributed by atoms with E-state index in [1.165, 1.54) is 17.8 Å². The van der Waals surface area contributed by atoms with Gasteiger partial charge in [-0.1, -0.05) is 48.2 Å². The molecule has 0 radical (unpaired) electrons. The van der Waals surface area contributed by atoms with Crippen LogP contribution in [-0.2, 0) is 0 Å². The van der Waals surface area contributed by atoms with E-state index in [9.17, 15) is 9.59 Å². The van der Waals surface area contributed by atoms with Gasteiger partial charge in [-0.3, -0.25) is 14.2 Å². The molecule has 1 N–H and O–H groups in total. The third-order valence-corrected chi connectivity index (χ3v) is 5.26. The number of H-pyrrole nitrogens is 1. The van der Waals surface area contributed by atoms with Crippen molar-refractivity contribution in [3.05, 3.63) is 70.6 Å². The van der Waals surface area contributed by atoms with Gasteiger partial charge in [0, 0.05) is 22.5 Å². The lowest BCUT2D eigenvalue weighted by molar-refractivity contribution is 0.0925. The molecule has 0 fully saturated rings. The summed E-state index contributed by atoms with van der Waals surface area (Å²) in [5, 5.41) is 2.15. The molecule has 0 aliphatic heterocycles. The predicted octanol–water partition coefficient (Wildman–Crippen LogP) is 4.01. The van der Waals surface area contributed by atoms with E-state index in [1.807, 2.05) is 55.5 Å². The van der Waals surface area contributed by atoms with Gasteiger partial charge in [-0.2, -0.15) is 0 Å². The number of aryl methyl sites for hydroxylation is 1. The molecule has 0 amide bonds. The van der Waals surface area contributed by atoms with Gasteiger partial charge in [-0.25, -0.2) is 4.98 Å². The monoisotopic (exact) mass is 363 g/mol. The van der Waals surface area contributed by atoms with Crippen LogP contribution in [0.3, 0.4) is 0 Å². The zero-order valence-electron chi connectivity index (χ0n) is 14.4. The number of para-hydroxylation sites is 2. The second-order valence-corrected chi connectivity index (χ2v) is 7.49. The predicted molar refractivity (Wildman–Crippen MR) is 105 cm³/mol. The van der Waals surface area contributed by atoms with Gasteiger partial charge in [-0.15, -0.1) is 0 Å². The van der Waals surface area contributed by atoms with E-state index in [-0.39, 0.29) is 11.5 Å². The van der Waals surface area contributed by atoms with Crippen LogP contribution in [0.15, 0.2) is 64.5 Å². The van der Waals surface area contributed by atoms with Crippen LogP contribution in [-0.4, -0.2) is 25.7 Å². The molecule has 6 heteroatoms. The summed E-state index contributed by atoms with van der Waals surface area (Å²) in [5.41, 5.74) is 2.19. The quantitative estimate of drug-likeness (QED) is 0.441. The smallest absolute Gasteiger partial charge is 0.251 e. The molecular formula is C20H17N3O2S. The Labute approximate surface area is 154 Å². The standard InChI is InChI=1S/C20H17N3O2S/c1-12-11-18(24)22-20(21-12)26-13(2)19(25)23-16-9-5-3-7-14(16)15-8-4-6-10-17(15)23/h3-11,13H,1-2H3,(H,21,22,24). The Morgan fingerprint density at radius 1 is 1.08 bits per heavy atom. The van der Waals surface area contributed by atoms with Crippen LogP contribution in [0.4, 0.5) is 0 Å². The molecule has 1 unspecified atom stereocenters. The molecule has 26 heavy (non-hydrogen) atoms. The van der Waals surface area contributed by atoms with Crippen molar-refractivity contribution < 1.29 is 4.79 Å². The Bertz CT molecular complexity index is 1140. The second kappa shape index (κ2) is 6.46. The van der Waals surface area contributed by atoms with E-state index in [2.05, 4.69) is 9.97 Å². The zero-order valence-corrected chi connectivity index (χ0v) is 15.2. The molecule has 5 nitrogen and oxygen atoms in total. The number of carbonyl (C=O) groups excluding carboxylic acids is 1. The van der Waals surface area contributed by atoms with Crippen molar-refractivity contribution >= 4 is 39.5 Å². The minimum atomic E-state index is -0.404. The number of hydrogen-bond acceptors (Lipinski definition) is 4. The highest BCUT2D eigenvalue weighted by molar-refractivity contribution is 8.00. The lowest BCUT2D eigenvalue weighted by Gasteiger charge is -2.12. The number of carbonyl (C=O) groups is 1. The number of benzene rings is 2. The minimum absolute atomic E-state index is 0.0449. The Morgan fingerprint density at radius 2 is 1.65 bits per heavy atom. The molecule has 0 aliphatic rings. The number of thioether (sulfide) groups is 1. The summed E-state index contributed by atoms with van der Waals surface area (Å²) < 4.78 is 1.76. The first-order chi connectivity index (χ1) is 12.5. The number of fused-ring (bicyclic) bond motifs is 3. The maximum Gasteiger partial charge on any atom is 0.251 e. The topological polar surface area (TPSA) is 67.8 Å². The first kappa shape index (κ1) is 16.6. The SMILES string of the molecule is Cc1cc(=O)[nH]c(SC(C)C(=O)n2c3ccccc3c3ccccc32)n1. The molecule has 0 saturated heterocycles. The van der Waals surface area contributed by atoms with E-state index in [4.69, 9.17) is 0 Å². The van der Waals surface area contributed by atoms with Crippen LogP contribution in [0, 0.1) is 6.92 Å². The van der Waals surface area contributed by atoms with E-state index < -0.39 is 5.25 Å². The fourth-order valence-electron chi connectivity index (χ4n) is 3.17. The summed E-state index contributed by atoms with van der Waals surface area (Å²) in [6.45, 7) is 3.59. The van der Waals surface area contributed by atoms with E-state index in [1.54, 1.807) is 11.5 Å². The molecule has 0 bridgehead atoms. The van der Waals surface area contributed by atoms with Crippen molar-refractivity contribution in [3.63, 3.8) is 0 Å². The number of hydrogen-bond donors (Lipinski definition) is 1. The summed E-state index contributed by atoms with van der Waals surface area (Å²) in [6, 6.07) is 17.2. The van der Waals surface area contributed by atoms with Crippen LogP contribution in [0.2, 0.25) is 0 Å². The average molecular weight is 363 g/mol. The van der Waals surface area contributed by atoms with Crippen molar-refractivity contribution in [2.75, 3.05) is 0 Å². The minimum Gasteiger partial charge on any atom is -0.301 e. The molecule has 0 saturated carbocycles. The van der Waals surface area contributed by atoms with Crippen LogP contribution in [0.1, 0.15) is 17.4 Å². The lowest BCUT2D eigenvalue weighted by Crippen LogP contribution is -2.22. The summed E-state index contributed by atoms with van der Waals surface area (Å²) in [7, 11) is 0. The molecule has 2 heterocycles. The number of nitrogens with zero attached hydrogens (tertiary/aromatic N) is 2. The molecular weight excluding hydrogens is 346 g/mol. The molecule has 2 aromatic carbocycles. The molecule has 1 atom stereocenters. The fraction of sp³-hybridized carbons (Fsp3) is 0.150. The van der Waals surface area contributed by atoms with Gasteiger partial charge in [0.2, 0.25) is 5.91 Å². The maximum atomic E-state index is 13.2. The maximum absolute atomic E-state index is 13.2. The van der Waals surface area contributed by atoms with E-state index >= 15 is 0 Å². The summed E-state index contributed by atoms with van der Waals surface area (Å²) >= 11 is 1.26. The molecule has 0 spiro atoms. The van der Waals surface area contributed by atoms with Crippen LogP contribution >= 0.6 is 11.8 Å². The van der Waals surface area contributed by atoms with Gasteiger partial charge in [-0.05, 0) is 26.0 Å². The van der Waals surface area contributed by atoms with Crippen molar-refractivity contribution in [1.82, 2.24) is 14.5 Å². The Morgan fingerprint density at radius 3 is 2.23 bits per heavy atom.